The molecule has 3 heterocycles. The number of aliphatic hydroxyl groups is 1. The lowest BCUT2D eigenvalue weighted by atomic mass is 10.1. The molecule has 34 heavy (non-hydrogen) atoms. The van der Waals surface area contributed by atoms with Crippen molar-refractivity contribution < 1.29 is 18.7 Å². The highest BCUT2D eigenvalue weighted by Gasteiger charge is 2.28. The Bertz CT molecular complexity index is 1270. The minimum Gasteiger partial charge on any atom is -0.463 e. The molecular weight excluding hydrogens is 441 g/mol. The van der Waals surface area contributed by atoms with Crippen molar-refractivity contribution in [2.75, 3.05) is 44.2 Å². The maximum Gasteiger partial charge on any atom is 0.276 e. The highest BCUT2D eigenvalue weighted by molar-refractivity contribution is 5.98. The fourth-order valence-corrected chi connectivity index (χ4v) is 4.35. The third-order valence-electron chi connectivity index (χ3n) is 6.32. The number of hydrogen-bond donors (Lipinski definition) is 2. The predicted molar refractivity (Wildman–Crippen MR) is 126 cm³/mol. The first-order valence-electron chi connectivity index (χ1n) is 11.4. The van der Waals surface area contributed by atoms with Crippen molar-refractivity contribution in [2.45, 2.75) is 18.9 Å². The summed E-state index contributed by atoms with van der Waals surface area (Å²) >= 11 is 0. The molecule has 2 fully saturated rings. The summed E-state index contributed by atoms with van der Waals surface area (Å²) in [5.74, 6) is -0.689. The van der Waals surface area contributed by atoms with Crippen LogP contribution in [0.15, 0.2) is 51.0 Å². The molecule has 1 saturated heterocycles. The van der Waals surface area contributed by atoms with E-state index in [1.807, 2.05) is 9.47 Å². The Morgan fingerprint density at radius 2 is 2.06 bits per heavy atom. The highest BCUT2D eigenvalue weighted by Crippen LogP contribution is 2.38. The van der Waals surface area contributed by atoms with Crippen LogP contribution in [0.25, 0.3) is 10.9 Å². The van der Waals surface area contributed by atoms with Crippen LogP contribution in [0.5, 0.6) is 0 Å². The number of anilines is 1. The second kappa shape index (κ2) is 9.40. The van der Waals surface area contributed by atoms with E-state index in [1.54, 1.807) is 24.4 Å². The van der Waals surface area contributed by atoms with E-state index in [0.29, 0.717) is 36.6 Å². The SMILES string of the molecule is O=C(N/N=C\c1ccco1)c1cn(C2CC2)c2cc(N3CCN(CCO)CC3)c(F)cc2c1=O. The molecule has 3 aromatic rings. The molecule has 1 amide bonds. The third-order valence-corrected chi connectivity index (χ3v) is 6.32. The predicted octanol–water partition coefficient (Wildman–Crippen LogP) is 1.95. The lowest BCUT2D eigenvalue weighted by Crippen LogP contribution is -2.47. The van der Waals surface area contributed by atoms with Gasteiger partial charge in [-0.2, -0.15) is 5.10 Å². The largest absolute Gasteiger partial charge is 0.463 e. The average Bonchev–Trinajstić information content (AvgIpc) is 3.55. The summed E-state index contributed by atoms with van der Waals surface area (Å²) in [5, 5.41) is 13.2. The second-order valence-corrected chi connectivity index (χ2v) is 8.60. The van der Waals surface area contributed by atoms with Crippen molar-refractivity contribution in [3.05, 3.63) is 64.1 Å². The van der Waals surface area contributed by atoms with Crippen molar-refractivity contribution in [3.63, 3.8) is 0 Å². The molecule has 1 aromatic carbocycles. The molecule has 1 aliphatic heterocycles. The molecule has 0 spiro atoms. The zero-order valence-corrected chi connectivity index (χ0v) is 18.6. The molecule has 0 atom stereocenters. The van der Waals surface area contributed by atoms with Crippen molar-refractivity contribution in [3.8, 4) is 0 Å². The Labute approximate surface area is 195 Å². The fraction of sp³-hybridized carbons (Fsp3) is 0.375. The molecule has 0 unspecified atom stereocenters. The van der Waals surface area contributed by atoms with E-state index in [4.69, 9.17) is 9.52 Å². The van der Waals surface area contributed by atoms with Gasteiger partial charge in [-0.05, 0) is 37.1 Å². The molecule has 10 heteroatoms. The zero-order valence-electron chi connectivity index (χ0n) is 18.6. The van der Waals surface area contributed by atoms with E-state index in [2.05, 4.69) is 15.4 Å². The number of piperazine rings is 1. The van der Waals surface area contributed by atoms with Crippen molar-refractivity contribution >= 4 is 28.7 Å². The maximum absolute atomic E-state index is 15.2. The summed E-state index contributed by atoms with van der Waals surface area (Å²) < 4.78 is 22.2. The highest BCUT2D eigenvalue weighted by atomic mass is 19.1. The summed E-state index contributed by atoms with van der Waals surface area (Å²) in [7, 11) is 0. The van der Waals surface area contributed by atoms with Crippen molar-refractivity contribution in [1.29, 1.82) is 0 Å². The van der Waals surface area contributed by atoms with Crippen LogP contribution >= 0.6 is 0 Å². The number of β-amino-alcohol motifs (C(OH)–C–C–N with tert-alkyl or cyclic N) is 1. The Kier molecular flexibility index (Phi) is 6.16. The standard InChI is InChI=1S/C24H26FN5O4/c25-20-12-18-21(13-22(20)29-7-5-28(6-8-29)9-10-31)30(16-3-4-16)15-19(23(18)32)24(33)27-26-14-17-2-1-11-34-17/h1-2,11-16,31H,3-10H2,(H,27,33)/b26-14-. The van der Waals surface area contributed by atoms with Crippen molar-refractivity contribution in [1.82, 2.24) is 14.9 Å². The van der Waals surface area contributed by atoms with Gasteiger partial charge in [0.05, 0.1) is 30.3 Å². The second-order valence-electron chi connectivity index (χ2n) is 8.60. The van der Waals surface area contributed by atoms with Gasteiger partial charge in [0.2, 0.25) is 5.43 Å². The van der Waals surface area contributed by atoms with Gasteiger partial charge in [0.1, 0.15) is 17.1 Å². The zero-order chi connectivity index (χ0) is 23.7. The number of aliphatic hydroxyl groups excluding tert-OH is 1. The normalized spacial score (nSPS) is 17.1. The van der Waals surface area contributed by atoms with E-state index >= 15 is 4.39 Å². The van der Waals surface area contributed by atoms with Crippen LogP contribution in [0, 0.1) is 5.82 Å². The first-order valence-corrected chi connectivity index (χ1v) is 11.4. The van der Waals surface area contributed by atoms with Crippen LogP contribution in [0.4, 0.5) is 10.1 Å². The number of carbonyl (C=O) groups excluding carboxylic acids is 1. The van der Waals surface area contributed by atoms with E-state index < -0.39 is 17.2 Å². The number of pyridine rings is 1. The Morgan fingerprint density at radius 1 is 1.26 bits per heavy atom. The maximum atomic E-state index is 15.2. The van der Waals surface area contributed by atoms with E-state index in [0.717, 1.165) is 25.9 Å². The van der Waals surface area contributed by atoms with Gasteiger partial charge in [0.15, 0.2) is 0 Å². The number of hydrogen-bond acceptors (Lipinski definition) is 7. The minimum absolute atomic E-state index is 0.0826. The molecule has 0 bridgehead atoms. The first kappa shape index (κ1) is 22.3. The number of hydrazone groups is 1. The van der Waals surface area contributed by atoms with Crippen LogP contribution in [-0.4, -0.2) is 66.0 Å². The number of halogens is 1. The quantitative estimate of drug-likeness (QED) is 0.407. The van der Waals surface area contributed by atoms with Crippen LogP contribution in [0.1, 0.15) is 35.0 Å². The van der Waals surface area contributed by atoms with Gasteiger partial charge in [-0.3, -0.25) is 14.5 Å². The molecular formula is C24H26FN5O4. The summed E-state index contributed by atoms with van der Waals surface area (Å²) in [6.45, 7) is 3.42. The monoisotopic (exact) mass is 467 g/mol. The number of rotatable bonds is 7. The molecule has 1 saturated carbocycles. The fourth-order valence-electron chi connectivity index (χ4n) is 4.35. The molecule has 0 radical (unpaired) electrons. The first-order chi connectivity index (χ1) is 16.5. The molecule has 9 nitrogen and oxygen atoms in total. The van der Waals surface area contributed by atoms with Crippen LogP contribution in [0.3, 0.4) is 0 Å². The number of aromatic nitrogens is 1. The van der Waals surface area contributed by atoms with Crippen LogP contribution < -0.4 is 15.8 Å². The molecule has 2 aromatic heterocycles. The average molecular weight is 468 g/mol. The lowest BCUT2D eigenvalue weighted by Gasteiger charge is -2.36. The number of furan rings is 1. The van der Waals surface area contributed by atoms with Gasteiger partial charge < -0.3 is 19.0 Å². The molecule has 2 N–H and O–H groups in total. The van der Waals surface area contributed by atoms with E-state index in [1.165, 1.54) is 18.5 Å². The number of benzene rings is 1. The number of fused-ring (bicyclic) bond motifs is 1. The summed E-state index contributed by atoms with van der Waals surface area (Å²) in [4.78, 5) is 30.0. The number of amides is 1. The third kappa shape index (κ3) is 4.46. The van der Waals surface area contributed by atoms with Gasteiger partial charge in [0, 0.05) is 50.3 Å². The van der Waals surface area contributed by atoms with Gasteiger partial charge in [-0.15, -0.1) is 0 Å². The molecule has 1 aliphatic carbocycles. The topological polar surface area (TPSA) is 103 Å². The van der Waals surface area contributed by atoms with Crippen molar-refractivity contribution in [2.24, 2.45) is 5.10 Å². The van der Waals surface area contributed by atoms with Gasteiger partial charge >= 0.3 is 0 Å². The van der Waals surface area contributed by atoms with E-state index in [9.17, 15) is 9.59 Å². The number of nitrogens with zero attached hydrogens (tertiary/aromatic N) is 4. The molecule has 2 aliphatic rings. The Morgan fingerprint density at radius 3 is 2.74 bits per heavy atom. The molecule has 178 valence electrons. The number of carbonyl (C=O) groups is 1. The smallest absolute Gasteiger partial charge is 0.276 e. The van der Waals surface area contributed by atoms with Crippen LogP contribution in [0.2, 0.25) is 0 Å². The molecule has 5 rings (SSSR count). The van der Waals surface area contributed by atoms with Gasteiger partial charge in [-0.1, -0.05) is 0 Å². The summed E-state index contributed by atoms with van der Waals surface area (Å²) in [6.07, 6.45) is 6.24. The Balaban J connectivity index is 1.46. The Hall–Kier alpha value is -3.50. The summed E-state index contributed by atoms with van der Waals surface area (Å²) in [6, 6.07) is 6.51. The summed E-state index contributed by atoms with van der Waals surface area (Å²) in [5.41, 5.74) is 2.81. The van der Waals surface area contributed by atoms with E-state index in [-0.39, 0.29) is 23.6 Å². The van der Waals surface area contributed by atoms with Gasteiger partial charge in [0.25, 0.3) is 5.91 Å². The number of nitrogens with one attached hydrogen (secondary N) is 1. The lowest BCUT2D eigenvalue weighted by molar-refractivity contribution is 0.0953. The van der Waals surface area contributed by atoms with Gasteiger partial charge in [-0.25, -0.2) is 9.82 Å². The van der Waals surface area contributed by atoms with Crippen LogP contribution in [-0.2, 0) is 0 Å². The minimum atomic E-state index is -0.659.